The Morgan fingerprint density at radius 2 is 1.45 bits per heavy atom. The zero-order chi connectivity index (χ0) is 36.2. The summed E-state index contributed by atoms with van der Waals surface area (Å²) in [6.45, 7) is 4.61. The number of ketones is 1. The molecule has 0 aliphatic heterocycles. The summed E-state index contributed by atoms with van der Waals surface area (Å²) in [6, 6.07) is 11.5. The van der Waals surface area contributed by atoms with Crippen LogP contribution in [0.3, 0.4) is 0 Å². The Morgan fingerprint density at radius 1 is 0.755 bits per heavy atom. The molecule has 13 heteroatoms. The van der Waals surface area contributed by atoms with E-state index in [0.29, 0.717) is 18.4 Å². The SMILES string of the molecule is C/C=C\c1cccc(CC(NC(=O)CNC(=O)CCCCC)C(=O)NC(CCC)C(=O)C(=O)NCC(=O)NC(C(=O)O)c2ccccc2)c1. The molecule has 0 spiro atoms. The topological polar surface area (TPSA) is 200 Å². The van der Waals surface area contributed by atoms with Crippen LogP contribution in [-0.2, 0) is 40.0 Å². The summed E-state index contributed by atoms with van der Waals surface area (Å²) in [5, 5.41) is 21.8. The minimum Gasteiger partial charge on any atom is -0.479 e. The first-order chi connectivity index (χ1) is 23.5. The standard InChI is InChI=1S/C36H47N5O8/c1-4-7-9-19-29(42)37-22-30(43)39-28(21-25-16-12-15-24(20-25)13-5-2)34(46)40-27(14-6-3)33(45)35(47)38-23-31(44)41-32(36(48)49)26-17-10-8-11-18-26/h5,8,10-13,15-18,20,27-28,32H,4,6-7,9,14,19,21-23H2,1-3H3,(H,37,42)(H,38,47)(H,39,43)(H,40,46)(H,41,44)(H,48,49)/b13-5-. The van der Waals surface area contributed by atoms with Crippen molar-refractivity contribution < 1.29 is 38.7 Å². The first-order valence-electron chi connectivity index (χ1n) is 16.5. The second kappa shape index (κ2) is 21.5. The third-order valence-electron chi connectivity index (χ3n) is 7.38. The molecule has 0 aromatic heterocycles. The van der Waals surface area contributed by atoms with E-state index in [1.165, 1.54) is 12.1 Å². The highest BCUT2D eigenvalue weighted by Crippen LogP contribution is 2.13. The van der Waals surface area contributed by atoms with Gasteiger partial charge < -0.3 is 31.7 Å². The van der Waals surface area contributed by atoms with E-state index in [4.69, 9.17) is 0 Å². The number of carboxylic acid groups (broad SMARTS) is 1. The van der Waals surface area contributed by atoms with E-state index in [9.17, 15) is 38.7 Å². The van der Waals surface area contributed by atoms with Gasteiger partial charge >= 0.3 is 5.97 Å². The fourth-order valence-corrected chi connectivity index (χ4v) is 4.89. The van der Waals surface area contributed by atoms with Gasteiger partial charge in [0.2, 0.25) is 29.4 Å². The molecule has 0 aliphatic carbocycles. The van der Waals surface area contributed by atoms with Crippen molar-refractivity contribution in [2.45, 2.75) is 83.8 Å². The predicted molar refractivity (Wildman–Crippen MR) is 184 cm³/mol. The molecule has 13 nitrogen and oxygen atoms in total. The molecule has 0 aliphatic rings. The highest BCUT2D eigenvalue weighted by Gasteiger charge is 2.30. The summed E-state index contributed by atoms with van der Waals surface area (Å²) < 4.78 is 0. The number of aliphatic carboxylic acids is 1. The molecule has 0 saturated carbocycles. The number of carboxylic acids is 1. The molecule has 0 fully saturated rings. The van der Waals surface area contributed by atoms with Gasteiger partial charge in [-0.05, 0) is 36.5 Å². The van der Waals surface area contributed by atoms with Crippen LogP contribution < -0.4 is 26.6 Å². The molecular formula is C36H47N5O8. The van der Waals surface area contributed by atoms with Crippen molar-refractivity contribution in [1.29, 1.82) is 0 Å². The number of unbranched alkanes of at least 4 members (excludes halogenated alkanes) is 2. The number of hydrogen-bond acceptors (Lipinski definition) is 7. The number of amides is 5. The molecule has 264 valence electrons. The van der Waals surface area contributed by atoms with Gasteiger partial charge in [0.15, 0.2) is 6.04 Å². The van der Waals surface area contributed by atoms with Crippen LogP contribution in [0, 0.1) is 0 Å². The van der Waals surface area contributed by atoms with Gasteiger partial charge in [-0.3, -0.25) is 28.8 Å². The van der Waals surface area contributed by atoms with Gasteiger partial charge in [0.1, 0.15) is 6.04 Å². The fraction of sp³-hybridized carbons (Fsp3) is 0.417. The Kier molecular flexibility index (Phi) is 17.5. The summed E-state index contributed by atoms with van der Waals surface area (Å²) in [7, 11) is 0. The Hall–Kier alpha value is -5.33. The number of allylic oxidation sites excluding steroid dienone is 1. The summed E-state index contributed by atoms with van der Waals surface area (Å²) in [5.41, 5.74) is 1.92. The van der Waals surface area contributed by atoms with Crippen molar-refractivity contribution >= 4 is 47.4 Å². The number of carbonyl (C=O) groups is 7. The number of benzene rings is 2. The summed E-state index contributed by atoms with van der Waals surface area (Å²) >= 11 is 0. The molecule has 0 radical (unpaired) electrons. The van der Waals surface area contributed by atoms with Gasteiger partial charge in [-0.15, -0.1) is 0 Å². The smallest absolute Gasteiger partial charge is 0.330 e. The van der Waals surface area contributed by atoms with Crippen molar-refractivity contribution in [3.63, 3.8) is 0 Å². The lowest BCUT2D eigenvalue weighted by Crippen LogP contribution is -2.55. The van der Waals surface area contributed by atoms with Crippen LogP contribution in [0.2, 0.25) is 0 Å². The zero-order valence-electron chi connectivity index (χ0n) is 28.3. The molecular weight excluding hydrogens is 630 g/mol. The van der Waals surface area contributed by atoms with E-state index in [2.05, 4.69) is 26.6 Å². The van der Waals surface area contributed by atoms with Crippen molar-refractivity contribution in [3.8, 4) is 0 Å². The molecule has 0 saturated heterocycles. The van der Waals surface area contributed by atoms with E-state index in [1.807, 2.05) is 38.1 Å². The van der Waals surface area contributed by atoms with Crippen molar-refractivity contribution in [2.75, 3.05) is 13.1 Å². The zero-order valence-corrected chi connectivity index (χ0v) is 28.3. The lowest BCUT2D eigenvalue weighted by molar-refractivity contribution is -0.142. The maximum atomic E-state index is 13.6. The quantitative estimate of drug-likeness (QED) is 0.0854. The molecule has 5 amide bonds. The lowest BCUT2D eigenvalue weighted by atomic mass is 10.0. The highest BCUT2D eigenvalue weighted by molar-refractivity contribution is 6.38. The number of carbonyl (C=O) groups excluding carboxylic acids is 6. The summed E-state index contributed by atoms with van der Waals surface area (Å²) in [6.07, 6.45) is 7.09. The first kappa shape index (κ1) is 39.8. The van der Waals surface area contributed by atoms with E-state index in [-0.39, 0.29) is 31.7 Å². The first-order valence-corrected chi connectivity index (χ1v) is 16.5. The molecule has 6 N–H and O–H groups in total. The number of hydrogen-bond donors (Lipinski definition) is 6. The number of rotatable bonds is 21. The van der Waals surface area contributed by atoms with Crippen LogP contribution in [0.25, 0.3) is 6.08 Å². The Bertz CT molecular complexity index is 1480. The average Bonchev–Trinajstić information content (AvgIpc) is 3.08. The fourth-order valence-electron chi connectivity index (χ4n) is 4.89. The summed E-state index contributed by atoms with van der Waals surface area (Å²) in [4.78, 5) is 88.7. The van der Waals surface area contributed by atoms with Gasteiger partial charge in [-0.2, -0.15) is 0 Å². The van der Waals surface area contributed by atoms with Crippen LogP contribution in [0.4, 0.5) is 0 Å². The van der Waals surface area contributed by atoms with Gasteiger partial charge in [0, 0.05) is 12.8 Å². The van der Waals surface area contributed by atoms with E-state index >= 15 is 0 Å². The van der Waals surface area contributed by atoms with Crippen LogP contribution in [0.15, 0.2) is 60.7 Å². The van der Waals surface area contributed by atoms with Crippen LogP contribution in [0.1, 0.15) is 82.0 Å². The molecule has 0 bridgehead atoms. The second-order valence-corrected chi connectivity index (χ2v) is 11.4. The largest absolute Gasteiger partial charge is 0.479 e. The van der Waals surface area contributed by atoms with Crippen LogP contribution in [-0.4, -0.2) is 71.6 Å². The molecule has 3 atom stereocenters. The summed E-state index contributed by atoms with van der Waals surface area (Å²) in [5.74, 6) is -5.91. The molecule has 49 heavy (non-hydrogen) atoms. The number of nitrogens with one attached hydrogen (secondary N) is 5. The van der Waals surface area contributed by atoms with Crippen molar-refractivity contribution in [2.24, 2.45) is 0 Å². The van der Waals surface area contributed by atoms with Crippen LogP contribution in [0.5, 0.6) is 0 Å². The molecule has 3 unspecified atom stereocenters. The minimum atomic E-state index is -1.37. The second-order valence-electron chi connectivity index (χ2n) is 11.4. The normalized spacial score (nSPS) is 12.6. The molecule has 2 aromatic carbocycles. The van der Waals surface area contributed by atoms with Gasteiger partial charge in [-0.1, -0.05) is 99.9 Å². The third kappa shape index (κ3) is 14.5. The maximum Gasteiger partial charge on any atom is 0.330 e. The Balaban J connectivity index is 2.12. The minimum absolute atomic E-state index is 0.0545. The lowest BCUT2D eigenvalue weighted by Gasteiger charge is -2.23. The molecule has 2 rings (SSSR count). The van der Waals surface area contributed by atoms with E-state index in [1.54, 1.807) is 37.3 Å². The predicted octanol–water partition coefficient (Wildman–Crippen LogP) is 2.36. The average molecular weight is 678 g/mol. The molecule has 0 heterocycles. The van der Waals surface area contributed by atoms with Crippen molar-refractivity contribution in [3.05, 3.63) is 77.4 Å². The molecule has 2 aromatic rings. The van der Waals surface area contributed by atoms with Gasteiger partial charge in [0.25, 0.3) is 5.91 Å². The maximum absolute atomic E-state index is 13.6. The highest BCUT2D eigenvalue weighted by atomic mass is 16.4. The Labute approximate surface area is 286 Å². The number of Topliss-reactive ketones (excluding diaryl/α,β-unsaturated/α-hetero) is 1. The van der Waals surface area contributed by atoms with E-state index < -0.39 is 60.1 Å². The monoisotopic (exact) mass is 677 g/mol. The van der Waals surface area contributed by atoms with Gasteiger partial charge in [-0.25, -0.2) is 4.79 Å². The van der Waals surface area contributed by atoms with Crippen molar-refractivity contribution in [1.82, 2.24) is 26.6 Å². The Morgan fingerprint density at radius 3 is 2.10 bits per heavy atom. The third-order valence-corrected chi connectivity index (χ3v) is 7.38. The van der Waals surface area contributed by atoms with Crippen LogP contribution >= 0.6 is 0 Å². The van der Waals surface area contributed by atoms with Gasteiger partial charge in [0.05, 0.1) is 19.1 Å². The van der Waals surface area contributed by atoms with E-state index in [0.717, 1.165) is 24.0 Å².